The van der Waals surface area contributed by atoms with Gasteiger partial charge in [0.15, 0.2) is 0 Å². The van der Waals surface area contributed by atoms with Crippen molar-refractivity contribution in [1.82, 2.24) is 0 Å². The number of hydrogen-bond acceptors (Lipinski definition) is 2. The molecule has 0 heterocycles. The molecule has 0 saturated carbocycles. The van der Waals surface area contributed by atoms with Gasteiger partial charge < -0.3 is 22.5 Å². The first kappa shape index (κ1) is 28.5. The number of carboxylic acids is 2. The van der Waals surface area contributed by atoms with Gasteiger partial charge in [-0.15, -0.1) is 0 Å². The number of nitrogens with two attached hydrogens (primary N) is 2. The van der Waals surface area contributed by atoms with Crippen molar-refractivity contribution in [3.63, 3.8) is 0 Å². The summed E-state index contributed by atoms with van der Waals surface area (Å²) >= 11 is -0.472. The Bertz CT molecular complexity index is 352. The summed E-state index contributed by atoms with van der Waals surface area (Å²) in [5.74, 6) is -1.55. The number of benzene rings is 1. The molecule has 0 aliphatic carbocycles. The average Bonchev–Trinajstić information content (AvgIpc) is 2.30. The van der Waals surface area contributed by atoms with Crippen molar-refractivity contribution in [1.29, 1.82) is 0 Å². The van der Waals surface area contributed by atoms with Crippen LogP contribution in [0.15, 0.2) is 30.3 Å². The molecule has 0 fully saturated rings. The molecule has 1 aromatic carbocycles. The van der Waals surface area contributed by atoms with E-state index in [0.29, 0.717) is 0 Å². The van der Waals surface area contributed by atoms with Gasteiger partial charge in [0.25, 0.3) is 5.97 Å². The zero-order valence-corrected chi connectivity index (χ0v) is 15.2. The van der Waals surface area contributed by atoms with E-state index in [1.165, 1.54) is 5.56 Å². The van der Waals surface area contributed by atoms with Crippen LogP contribution in [0, 0.1) is 0 Å². The zero-order chi connectivity index (χ0) is 15.1. The Kier molecular flexibility index (Phi) is 29.4. The van der Waals surface area contributed by atoms with E-state index < -0.39 is 28.4 Å². The van der Waals surface area contributed by atoms with Crippen molar-refractivity contribution in [3.05, 3.63) is 48.2 Å². The fourth-order valence-electron chi connectivity index (χ4n) is 1.09. The summed E-state index contributed by atoms with van der Waals surface area (Å²) in [5, 5.41) is 15.8. The minimum absolute atomic E-state index is 0. The average molecular weight is 522 g/mol. The van der Waals surface area contributed by atoms with Crippen molar-refractivity contribution >= 4 is 30.8 Å². The summed E-state index contributed by atoms with van der Waals surface area (Å²) in [4.78, 5) is 19.2. The van der Waals surface area contributed by atoms with Crippen molar-refractivity contribution in [3.8, 4) is 0 Å². The second-order valence-corrected chi connectivity index (χ2v) is 6.58. The first-order valence-corrected chi connectivity index (χ1v) is 10.8. The van der Waals surface area contributed by atoms with Gasteiger partial charge in [0.1, 0.15) is 0 Å². The second-order valence-electron chi connectivity index (χ2n) is 3.30. The van der Waals surface area contributed by atoms with Crippen molar-refractivity contribution in [2.75, 3.05) is 0 Å². The Morgan fingerprint density at radius 3 is 1.81 bits per heavy atom. The van der Waals surface area contributed by atoms with Gasteiger partial charge in [-0.05, 0) is 18.4 Å². The summed E-state index contributed by atoms with van der Waals surface area (Å²) < 4.78 is 0. The zero-order valence-electron chi connectivity index (χ0n) is 11.4. The smallest absolute Gasteiger partial charge is 0.693 e. The molecule has 0 amide bonds. The van der Waals surface area contributed by atoms with Crippen LogP contribution in [0.1, 0.15) is 25.3 Å². The van der Waals surface area contributed by atoms with Gasteiger partial charge in [-0.2, -0.15) is 0 Å². The number of aliphatic carboxylic acids is 2. The maximum absolute atomic E-state index is 10.2. The van der Waals surface area contributed by atoms with Crippen LogP contribution in [0.4, 0.5) is 0 Å². The normalized spacial score (nSPS) is 7.76. The molecule has 0 unspecified atom stereocenters. The van der Waals surface area contributed by atoms with Crippen LogP contribution in [0.3, 0.4) is 0 Å². The van der Waals surface area contributed by atoms with Crippen molar-refractivity contribution in [2.24, 2.45) is 0 Å². The maximum Gasteiger partial charge on any atom is -0.693 e. The summed E-state index contributed by atoms with van der Waals surface area (Å²) in [6, 6.07) is 9.93. The first-order chi connectivity index (χ1) is 8.93. The molecule has 0 aromatic heterocycles. The second kappa shape index (κ2) is 21.6. The van der Waals surface area contributed by atoms with Crippen LogP contribution in [-0.4, -0.2) is 22.2 Å². The Morgan fingerprint density at radius 1 is 1.10 bits per heavy atom. The Morgan fingerprint density at radius 2 is 1.48 bits per heavy atom. The van der Waals surface area contributed by atoms with Gasteiger partial charge in [-0.1, -0.05) is 30.3 Å². The molecular weight excluding hydrogens is 502 g/mol. The topological polar surface area (TPSA) is 142 Å². The van der Waals surface area contributed by atoms with E-state index in [4.69, 9.17) is 33.8 Å². The maximum atomic E-state index is 10.2. The molecule has 126 valence electrons. The van der Waals surface area contributed by atoms with E-state index in [-0.39, 0.29) is 18.7 Å². The first-order valence-electron chi connectivity index (χ1n) is 5.21. The van der Waals surface area contributed by atoms with Crippen molar-refractivity contribution in [2.45, 2.75) is 26.2 Å². The molecule has 9 heteroatoms. The summed E-state index contributed by atoms with van der Waals surface area (Å²) in [6.07, 6.45) is 1.83. The van der Waals surface area contributed by atoms with Gasteiger partial charge in [0, 0.05) is 13.3 Å². The third-order valence-corrected chi connectivity index (χ3v) is 1.70. The standard InChI is InChI=1S/C10H12O2.C2H4O2.2ClH.2H2N.Pt/c11-10(12)8-4-7-9-5-2-1-3-6-9;1-2(3)4;;;;;/h1-3,5-6H,4,7-8H2,(H,11,12);1H3,(H,3,4);2*1H;2*1H2;/q;;;;2*-1;+4/p-2. The van der Waals surface area contributed by atoms with Crippen LogP contribution in [-0.2, 0) is 32.5 Å². The largest absolute Gasteiger partial charge is 0.693 e. The minimum Gasteiger partial charge on any atom is -0.693 e. The minimum atomic E-state index is -0.833. The van der Waals surface area contributed by atoms with E-state index in [9.17, 15) is 4.79 Å². The van der Waals surface area contributed by atoms with E-state index >= 15 is 0 Å². The third-order valence-electron chi connectivity index (χ3n) is 1.70. The monoisotopic (exact) mass is 521 g/mol. The molecule has 21 heavy (non-hydrogen) atoms. The fraction of sp³-hybridized carbons (Fsp3) is 0.333. The molecule has 6 N–H and O–H groups in total. The molecule has 0 atom stereocenters. The number of carboxylic acid groups (broad SMARTS) is 2. The molecule has 0 saturated heterocycles. The molecule has 0 aliphatic rings. The summed E-state index contributed by atoms with van der Waals surface area (Å²) in [7, 11) is 9.75. The molecular formula is C12H20Cl2N2O4Pt. The summed E-state index contributed by atoms with van der Waals surface area (Å²) in [5.41, 5.74) is 1.21. The number of rotatable bonds is 4. The van der Waals surface area contributed by atoms with Crippen LogP contribution in [0.25, 0.3) is 12.3 Å². The van der Waals surface area contributed by atoms with Gasteiger partial charge >= 0.3 is 41.3 Å². The molecule has 0 aliphatic heterocycles. The van der Waals surface area contributed by atoms with Gasteiger partial charge in [-0.3, -0.25) is 9.59 Å². The summed E-state index contributed by atoms with van der Waals surface area (Å²) in [6.45, 7) is 1.08. The fourth-order valence-corrected chi connectivity index (χ4v) is 1.09. The van der Waals surface area contributed by atoms with E-state index in [0.717, 1.165) is 19.8 Å². The Hall–Kier alpha value is -0.652. The molecule has 0 radical (unpaired) electrons. The number of carbonyl (C=O) groups is 2. The molecule has 1 aromatic rings. The predicted octanol–water partition coefficient (Wildman–Crippen LogP) is 5.00. The molecule has 1 rings (SSSR count). The van der Waals surface area contributed by atoms with Crippen LogP contribution in [0.5, 0.6) is 0 Å². The van der Waals surface area contributed by atoms with Gasteiger partial charge in [0.05, 0.1) is 0 Å². The van der Waals surface area contributed by atoms with E-state index in [2.05, 4.69) is 0 Å². The molecule has 6 nitrogen and oxygen atoms in total. The Labute approximate surface area is 141 Å². The number of aryl methyl sites for hydroxylation is 1. The van der Waals surface area contributed by atoms with Crippen LogP contribution in [0.2, 0.25) is 0 Å². The van der Waals surface area contributed by atoms with Crippen LogP contribution < -0.4 is 0 Å². The number of halogens is 2. The third kappa shape index (κ3) is 32.7. The Balaban J connectivity index is -0.000000138. The predicted molar refractivity (Wildman–Crippen MR) is 82.6 cm³/mol. The van der Waals surface area contributed by atoms with Gasteiger partial charge in [0.2, 0.25) is 0 Å². The van der Waals surface area contributed by atoms with Crippen LogP contribution >= 0.6 is 18.8 Å². The quantitative estimate of drug-likeness (QED) is 0.574. The molecule has 0 bridgehead atoms. The van der Waals surface area contributed by atoms with E-state index in [1.807, 2.05) is 30.3 Å². The number of hydrogen-bond donors (Lipinski definition) is 2. The molecule has 0 spiro atoms. The SMILES string of the molecule is CC(=O)O.O=C(O)CCCc1ccccc1.[Cl][Pt+2][Cl].[NH2-].[NH2-]. The van der Waals surface area contributed by atoms with Crippen molar-refractivity contribution < 1.29 is 36.3 Å². The van der Waals surface area contributed by atoms with Gasteiger partial charge in [-0.25, -0.2) is 0 Å². The van der Waals surface area contributed by atoms with E-state index in [1.54, 1.807) is 0 Å².